The first-order valence-corrected chi connectivity index (χ1v) is 12.8. The number of alkyl halides is 1. The van der Waals surface area contributed by atoms with Gasteiger partial charge >= 0.3 is 0 Å². The number of halogens is 1. The van der Waals surface area contributed by atoms with E-state index >= 15 is 0 Å². The SMILES string of the molecule is Cn1c(-c2ccc(Cc3ccccc3)n2CC2CC2)nc2cc(C(=O)N3C[C@@H](N)C[C@H](F)C3)ccc21. The Morgan fingerprint density at radius 2 is 1.89 bits per heavy atom. The van der Waals surface area contributed by atoms with Gasteiger partial charge in [0.2, 0.25) is 0 Å². The molecule has 6 rings (SSSR count). The minimum atomic E-state index is -1.08. The van der Waals surface area contributed by atoms with E-state index in [9.17, 15) is 9.18 Å². The van der Waals surface area contributed by atoms with Gasteiger partial charge in [0.15, 0.2) is 5.82 Å². The molecule has 0 spiro atoms. The van der Waals surface area contributed by atoms with Crippen molar-refractivity contribution >= 4 is 16.9 Å². The van der Waals surface area contributed by atoms with Crippen molar-refractivity contribution in [2.24, 2.45) is 18.7 Å². The third-order valence-corrected chi connectivity index (χ3v) is 7.51. The van der Waals surface area contributed by atoms with Gasteiger partial charge in [-0.2, -0.15) is 0 Å². The van der Waals surface area contributed by atoms with Crippen LogP contribution in [-0.4, -0.2) is 50.2 Å². The topological polar surface area (TPSA) is 69.1 Å². The molecule has 186 valence electrons. The molecule has 1 aliphatic carbocycles. The van der Waals surface area contributed by atoms with E-state index in [2.05, 4.69) is 45.5 Å². The van der Waals surface area contributed by atoms with Gasteiger partial charge in [0, 0.05) is 43.9 Å². The number of amides is 1. The molecule has 7 heteroatoms. The number of piperidine rings is 1. The lowest BCUT2D eigenvalue weighted by Gasteiger charge is -2.33. The molecule has 0 radical (unpaired) electrons. The van der Waals surface area contributed by atoms with Gasteiger partial charge in [0.1, 0.15) is 6.17 Å². The molecule has 1 saturated carbocycles. The largest absolute Gasteiger partial charge is 0.341 e. The third-order valence-electron chi connectivity index (χ3n) is 7.51. The summed E-state index contributed by atoms with van der Waals surface area (Å²) in [5, 5.41) is 0. The van der Waals surface area contributed by atoms with Crippen molar-refractivity contribution in [1.82, 2.24) is 19.0 Å². The van der Waals surface area contributed by atoms with Gasteiger partial charge in [-0.3, -0.25) is 4.79 Å². The number of carbonyl (C=O) groups is 1. The first kappa shape index (κ1) is 23.0. The van der Waals surface area contributed by atoms with Crippen LogP contribution in [0.3, 0.4) is 0 Å². The molecular weight excluding hydrogens is 453 g/mol. The summed E-state index contributed by atoms with van der Waals surface area (Å²) in [6, 6.07) is 20.2. The zero-order valence-corrected chi connectivity index (χ0v) is 20.6. The average molecular weight is 486 g/mol. The van der Waals surface area contributed by atoms with Crippen molar-refractivity contribution in [3.63, 3.8) is 0 Å². The number of benzene rings is 2. The molecule has 1 aliphatic heterocycles. The molecule has 4 aromatic rings. The summed E-state index contributed by atoms with van der Waals surface area (Å²) in [7, 11) is 2.02. The lowest BCUT2D eigenvalue weighted by Crippen LogP contribution is -2.50. The van der Waals surface area contributed by atoms with Crippen LogP contribution in [0.25, 0.3) is 22.6 Å². The van der Waals surface area contributed by atoms with Crippen LogP contribution >= 0.6 is 0 Å². The third kappa shape index (κ3) is 4.44. The Balaban J connectivity index is 1.34. The lowest BCUT2D eigenvalue weighted by atomic mass is 10.0. The van der Waals surface area contributed by atoms with Crippen LogP contribution in [0.15, 0.2) is 60.7 Å². The smallest absolute Gasteiger partial charge is 0.254 e. The molecule has 1 saturated heterocycles. The van der Waals surface area contributed by atoms with E-state index in [-0.39, 0.29) is 18.5 Å². The van der Waals surface area contributed by atoms with Crippen LogP contribution in [-0.2, 0) is 20.0 Å². The Labute approximate surface area is 210 Å². The van der Waals surface area contributed by atoms with Gasteiger partial charge in [-0.25, -0.2) is 9.37 Å². The van der Waals surface area contributed by atoms with Crippen LogP contribution in [0.5, 0.6) is 0 Å². The first-order chi connectivity index (χ1) is 17.5. The number of fused-ring (bicyclic) bond motifs is 1. The van der Waals surface area contributed by atoms with E-state index in [0.29, 0.717) is 18.5 Å². The minimum Gasteiger partial charge on any atom is -0.341 e. The normalized spacial score (nSPS) is 20.2. The second-order valence-electron chi connectivity index (χ2n) is 10.4. The number of imidazole rings is 1. The number of carbonyl (C=O) groups excluding carboxylic acids is 1. The molecule has 0 bridgehead atoms. The molecule has 2 aromatic carbocycles. The summed E-state index contributed by atoms with van der Waals surface area (Å²) in [6.45, 7) is 1.47. The molecule has 36 heavy (non-hydrogen) atoms. The van der Waals surface area contributed by atoms with E-state index in [1.54, 1.807) is 0 Å². The van der Waals surface area contributed by atoms with E-state index in [1.165, 1.54) is 29.0 Å². The number of likely N-dealkylation sites (tertiary alicyclic amines) is 1. The Bertz CT molecular complexity index is 1390. The first-order valence-electron chi connectivity index (χ1n) is 12.8. The number of hydrogen-bond acceptors (Lipinski definition) is 3. The zero-order valence-electron chi connectivity index (χ0n) is 20.6. The molecule has 2 N–H and O–H groups in total. The Hall–Kier alpha value is -3.45. The van der Waals surface area contributed by atoms with E-state index in [0.717, 1.165) is 41.4 Å². The van der Waals surface area contributed by atoms with Gasteiger partial charge in [-0.1, -0.05) is 30.3 Å². The predicted molar refractivity (Wildman–Crippen MR) is 140 cm³/mol. The average Bonchev–Trinajstić information content (AvgIpc) is 3.53. The number of aromatic nitrogens is 3. The fourth-order valence-corrected chi connectivity index (χ4v) is 5.42. The van der Waals surface area contributed by atoms with Gasteiger partial charge in [-0.15, -0.1) is 0 Å². The van der Waals surface area contributed by atoms with E-state index in [1.807, 2.05) is 31.3 Å². The Morgan fingerprint density at radius 1 is 1.08 bits per heavy atom. The summed E-state index contributed by atoms with van der Waals surface area (Å²) in [6.07, 6.45) is 2.65. The molecule has 2 aromatic heterocycles. The number of aryl methyl sites for hydroxylation is 1. The highest BCUT2D eigenvalue weighted by molar-refractivity contribution is 5.98. The van der Waals surface area contributed by atoms with Gasteiger partial charge in [0.25, 0.3) is 5.91 Å². The Morgan fingerprint density at radius 3 is 2.64 bits per heavy atom. The van der Waals surface area contributed by atoms with Crippen LogP contribution < -0.4 is 5.73 Å². The monoisotopic (exact) mass is 485 g/mol. The summed E-state index contributed by atoms with van der Waals surface area (Å²) in [5.41, 5.74) is 11.9. The molecule has 2 atom stereocenters. The predicted octanol–water partition coefficient (Wildman–Crippen LogP) is 4.55. The van der Waals surface area contributed by atoms with Crippen molar-refractivity contribution in [1.29, 1.82) is 0 Å². The van der Waals surface area contributed by atoms with Crippen molar-refractivity contribution in [3.05, 3.63) is 77.5 Å². The zero-order chi connectivity index (χ0) is 24.8. The summed E-state index contributed by atoms with van der Waals surface area (Å²) < 4.78 is 18.6. The van der Waals surface area contributed by atoms with Crippen LogP contribution in [0.4, 0.5) is 4.39 Å². The Kier molecular flexibility index (Phi) is 5.88. The fourth-order valence-electron chi connectivity index (χ4n) is 5.42. The number of hydrogen-bond donors (Lipinski definition) is 1. The standard InChI is InChI=1S/C29H32FN5O/c1-33-26-11-9-21(29(36)34-17-22(30)15-23(31)18-34)14-25(26)32-28(33)27-12-10-24(35(27)16-20-7-8-20)13-19-5-3-2-4-6-19/h2-6,9-12,14,20,22-23H,7-8,13,15-18,31H2,1H3/t22-,23-/m0/s1. The molecule has 2 fully saturated rings. The highest BCUT2D eigenvalue weighted by atomic mass is 19.1. The summed E-state index contributed by atoms with van der Waals surface area (Å²) in [4.78, 5) is 19.6. The van der Waals surface area contributed by atoms with Gasteiger partial charge in [0.05, 0.1) is 23.3 Å². The number of nitrogens with zero attached hydrogens (tertiary/aromatic N) is 4. The second-order valence-corrected chi connectivity index (χ2v) is 10.4. The van der Waals surface area contributed by atoms with Crippen molar-refractivity contribution in [2.75, 3.05) is 13.1 Å². The van der Waals surface area contributed by atoms with Crippen molar-refractivity contribution < 1.29 is 9.18 Å². The van der Waals surface area contributed by atoms with Gasteiger partial charge < -0.3 is 19.8 Å². The minimum absolute atomic E-state index is 0.0942. The lowest BCUT2D eigenvalue weighted by molar-refractivity contribution is 0.0607. The van der Waals surface area contributed by atoms with Crippen LogP contribution in [0, 0.1) is 5.92 Å². The maximum atomic E-state index is 14.0. The molecule has 0 unspecified atom stereocenters. The van der Waals surface area contributed by atoms with Crippen molar-refractivity contribution in [2.45, 2.75) is 44.4 Å². The van der Waals surface area contributed by atoms with E-state index < -0.39 is 6.17 Å². The van der Waals surface area contributed by atoms with Crippen LogP contribution in [0.1, 0.15) is 40.9 Å². The van der Waals surface area contributed by atoms with Gasteiger partial charge in [-0.05, 0) is 61.1 Å². The maximum absolute atomic E-state index is 14.0. The fraction of sp³-hybridized carbons (Fsp3) is 0.379. The van der Waals surface area contributed by atoms with E-state index in [4.69, 9.17) is 10.7 Å². The molecular formula is C29H32FN5O. The number of nitrogens with two attached hydrogens (primary N) is 1. The molecule has 6 nitrogen and oxygen atoms in total. The quantitative estimate of drug-likeness (QED) is 0.436. The highest BCUT2D eigenvalue weighted by Gasteiger charge is 2.29. The summed E-state index contributed by atoms with van der Waals surface area (Å²) >= 11 is 0. The molecule has 1 amide bonds. The second kappa shape index (κ2) is 9.21. The molecule has 3 heterocycles. The number of rotatable bonds is 6. The molecule has 2 aliphatic rings. The maximum Gasteiger partial charge on any atom is 0.254 e. The highest BCUT2D eigenvalue weighted by Crippen LogP contribution is 2.35. The van der Waals surface area contributed by atoms with Crippen molar-refractivity contribution in [3.8, 4) is 11.5 Å². The van der Waals surface area contributed by atoms with Crippen LogP contribution in [0.2, 0.25) is 0 Å². The summed E-state index contributed by atoms with van der Waals surface area (Å²) in [5.74, 6) is 1.42.